The molecule has 188 valence electrons. The summed E-state index contributed by atoms with van der Waals surface area (Å²) in [6.07, 6.45) is 10.0. The maximum atomic E-state index is 6.28. The van der Waals surface area contributed by atoms with E-state index in [0.29, 0.717) is 22.7 Å². The molecular formula is C30H52N2O. The molecule has 2 aliphatic heterocycles. The predicted octanol–water partition coefficient (Wildman–Crippen LogP) is 8.27. The second kappa shape index (κ2) is 11.0. The molecule has 0 radical (unpaired) electrons. The van der Waals surface area contributed by atoms with Crippen molar-refractivity contribution in [2.75, 3.05) is 30.1 Å². The fourth-order valence-electron chi connectivity index (χ4n) is 6.41. The Kier molecular flexibility index (Phi) is 8.81. The molecule has 0 bridgehead atoms. The zero-order chi connectivity index (χ0) is 24.2. The van der Waals surface area contributed by atoms with Crippen molar-refractivity contribution >= 4 is 11.4 Å². The number of benzene rings is 1. The lowest BCUT2D eigenvalue weighted by molar-refractivity contribution is 0.0952. The molecule has 0 spiro atoms. The Hall–Kier alpha value is -1.22. The van der Waals surface area contributed by atoms with Gasteiger partial charge in [-0.1, -0.05) is 67.9 Å². The average Bonchev–Trinajstić information content (AvgIpc) is 2.69. The molecular weight excluding hydrogens is 404 g/mol. The third kappa shape index (κ3) is 7.91. The summed E-state index contributed by atoms with van der Waals surface area (Å²) in [5, 5.41) is 0. The van der Waals surface area contributed by atoms with Crippen LogP contribution in [-0.2, 0) is 17.7 Å². The van der Waals surface area contributed by atoms with Crippen molar-refractivity contribution in [1.29, 1.82) is 0 Å². The number of hydrogen-bond donors (Lipinski definition) is 1. The molecule has 0 saturated heterocycles. The van der Waals surface area contributed by atoms with Gasteiger partial charge in [0, 0.05) is 24.3 Å². The third-order valence-corrected chi connectivity index (χ3v) is 7.62. The SMILES string of the molecule is CC(CCC(CONc1ccc2c3c1CCCN3CCC2)C(C)CC(C)(C)C)CC(C)(C)C. The van der Waals surface area contributed by atoms with E-state index in [2.05, 4.69) is 77.9 Å². The van der Waals surface area contributed by atoms with Crippen LogP contribution in [-0.4, -0.2) is 19.7 Å². The molecule has 2 heterocycles. The number of rotatable bonds is 10. The first-order chi connectivity index (χ1) is 15.4. The molecule has 1 N–H and O–H groups in total. The van der Waals surface area contributed by atoms with Crippen LogP contribution in [0.15, 0.2) is 12.1 Å². The van der Waals surface area contributed by atoms with Crippen LogP contribution in [0.25, 0.3) is 0 Å². The third-order valence-electron chi connectivity index (χ3n) is 7.62. The summed E-state index contributed by atoms with van der Waals surface area (Å²) in [5.41, 5.74) is 9.90. The molecule has 3 unspecified atom stereocenters. The Bertz CT molecular complexity index is 756. The van der Waals surface area contributed by atoms with E-state index in [1.54, 1.807) is 0 Å². The first-order valence-electron chi connectivity index (χ1n) is 13.7. The lowest BCUT2D eigenvalue weighted by atomic mass is 9.76. The average molecular weight is 457 g/mol. The van der Waals surface area contributed by atoms with Gasteiger partial charge in [0.05, 0.1) is 12.3 Å². The maximum absolute atomic E-state index is 6.28. The summed E-state index contributed by atoms with van der Waals surface area (Å²) in [7, 11) is 0. The van der Waals surface area contributed by atoms with Crippen LogP contribution in [0.4, 0.5) is 11.4 Å². The summed E-state index contributed by atoms with van der Waals surface area (Å²) in [4.78, 5) is 8.88. The van der Waals surface area contributed by atoms with E-state index in [-0.39, 0.29) is 0 Å². The molecule has 3 nitrogen and oxygen atoms in total. The minimum Gasteiger partial charge on any atom is -0.371 e. The van der Waals surface area contributed by atoms with Gasteiger partial charge in [-0.2, -0.15) is 0 Å². The molecule has 1 aromatic rings. The van der Waals surface area contributed by atoms with Gasteiger partial charge in [0.1, 0.15) is 0 Å². The molecule has 3 atom stereocenters. The van der Waals surface area contributed by atoms with E-state index in [0.717, 1.165) is 12.5 Å². The monoisotopic (exact) mass is 456 g/mol. The number of anilines is 2. The van der Waals surface area contributed by atoms with Crippen molar-refractivity contribution in [3.05, 3.63) is 23.3 Å². The van der Waals surface area contributed by atoms with Gasteiger partial charge in [-0.05, 0) is 85.2 Å². The largest absolute Gasteiger partial charge is 0.371 e. The fraction of sp³-hybridized carbons (Fsp3) is 0.800. The molecule has 0 aliphatic carbocycles. The van der Waals surface area contributed by atoms with Gasteiger partial charge in [0.2, 0.25) is 0 Å². The van der Waals surface area contributed by atoms with Crippen molar-refractivity contribution in [2.24, 2.45) is 28.6 Å². The Morgan fingerprint density at radius 2 is 1.58 bits per heavy atom. The van der Waals surface area contributed by atoms with E-state index in [1.807, 2.05) is 0 Å². The Morgan fingerprint density at radius 3 is 2.24 bits per heavy atom. The molecule has 0 fully saturated rings. The van der Waals surface area contributed by atoms with Crippen LogP contribution in [0.2, 0.25) is 0 Å². The number of nitrogens with one attached hydrogen (secondary N) is 1. The quantitative estimate of drug-likeness (QED) is 0.358. The normalized spacial score (nSPS) is 19.1. The van der Waals surface area contributed by atoms with E-state index in [9.17, 15) is 0 Å². The summed E-state index contributed by atoms with van der Waals surface area (Å²) < 4.78 is 0. The van der Waals surface area contributed by atoms with Crippen molar-refractivity contribution < 1.29 is 4.84 Å². The van der Waals surface area contributed by atoms with Gasteiger partial charge >= 0.3 is 0 Å². The van der Waals surface area contributed by atoms with Gasteiger partial charge in [0.15, 0.2) is 0 Å². The van der Waals surface area contributed by atoms with Crippen molar-refractivity contribution in [1.82, 2.24) is 0 Å². The summed E-state index contributed by atoms with van der Waals surface area (Å²) >= 11 is 0. The van der Waals surface area contributed by atoms with Crippen LogP contribution in [0.3, 0.4) is 0 Å². The highest BCUT2D eigenvalue weighted by atomic mass is 16.6. The minimum absolute atomic E-state index is 0.355. The first kappa shape index (κ1) is 26.4. The Labute approximate surface area is 205 Å². The van der Waals surface area contributed by atoms with Crippen LogP contribution >= 0.6 is 0 Å². The highest BCUT2D eigenvalue weighted by Gasteiger charge is 2.27. The van der Waals surface area contributed by atoms with E-state index < -0.39 is 0 Å². The summed E-state index contributed by atoms with van der Waals surface area (Å²) in [6.45, 7) is 22.3. The molecule has 1 aromatic carbocycles. The summed E-state index contributed by atoms with van der Waals surface area (Å²) in [6, 6.07) is 4.60. The first-order valence-corrected chi connectivity index (χ1v) is 13.7. The second-order valence-electron chi connectivity index (χ2n) is 13.7. The molecule has 3 rings (SSSR count). The van der Waals surface area contributed by atoms with E-state index in [1.165, 1.54) is 87.0 Å². The van der Waals surface area contributed by atoms with Gasteiger partial charge in [0.25, 0.3) is 0 Å². The van der Waals surface area contributed by atoms with Gasteiger partial charge in [-0.3, -0.25) is 10.3 Å². The van der Waals surface area contributed by atoms with Crippen molar-refractivity contribution in [3.8, 4) is 0 Å². The zero-order valence-corrected chi connectivity index (χ0v) is 23.0. The maximum Gasteiger partial charge on any atom is 0.0776 e. The fourth-order valence-corrected chi connectivity index (χ4v) is 6.41. The Morgan fingerprint density at radius 1 is 0.909 bits per heavy atom. The second-order valence-corrected chi connectivity index (χ2v) is 13.7. The van der Waals surface area contributed by atoms with Crippen molar-refractivity contribution in [3.63, 3.8) is 0 Å². The molecule has 2 aliphatic rings. The van der Waals surface area contributed by atoms with Crippen LogP contribution in [0.5, 0.6) is 0 Å². The van der Waals surface area contributed by atoms with Crippen molar-refractivity contribution in [2.45, 2.75) is 107 Å². The smallest absolute Gasteiger partial charge is 0.0776 e. The molecule has 33 heavy (non-hydrogen) atoms. The predicted molar refractivity (Wildman–Crippen MR) is 144 cm³/mol. The molecule has 3 heteroatoms. The molecule has 0 aromatic heterocycles. The number of hydrogen-bond acceptors (Lipinski definition) is 3. The topological polar surface area (TPSA) is 24.5 Å². The van der Waals surface area contributed by atoms with E-state index >= 15 is 0 Å². The highest BCUT2D eigenvalue weighted by Crippen LogP contribution is 2.39. The lowest BCUT2D eigenvalue weighted by Gasteiger charge is -2.37. The number of aryl methyl sites for hydroxylation is 1. The minimum atomic E-state index is 0.355. The van der Waals surface area contributed by atoms with Crippen LogP contribution in [0.1, 0.15) is 105 Å². The summed E-state index contributed by atoms with van der Waals surface area (Å²) in [5.74, 6) is 2.01. The van der Waals surface area contributed by atoms with E-state index in [4.69, 9.17) is 4.84 Å². The highest BCUT2D eigenvalue weighted by molar-refractivity contribution is 5.72. The van der Waals surface area contributed by atoms with Gasteiger partial charge in [-0.15, -0.1) is 0 Å². The van der Waals surface area contributed by atoms with Crippen LogP contribution < -0.4 is 10.4 Å². The standard InChI is InChI=1S/C30H52N2O/c1-22(19-29(3,4)5)13-14-25(23(2)20-30(6,7)8)21-33-31-27-16-15-24-11-9-17-32-18-10-12-26(27)28(24)32/h15-16,22-23,25,31H,9-14,17-21H2,1-8H3. The molecule has 0 amide bonds. The van der Waals surface area contributed by atoms with Gasteiger partial charge < -0.3 is 4.90 Å². The van der Waals surface area contributed by atoms with Crippen LogP contribution in [0, 0.1) is 28.6 Å². The number of nitrogens with zero attached hydrogens (tertiary/aromatic N) is 1. The van der Waals surface area contributed by atoms with Gasteiger partial charge in [-0.25, -0.2) is 0 Å². The molecule has 0 saturated carbocycles. The lowest BCUT2D eigenvalue weighted by Crippen LogP contribution is -2.34. The zero-order valence-electron chi connectivity index (χ0n) is 23.0. The Balaban J connectivity index is 1.62.